The first-order chi connectivity index (χ1) is 7.71. The Balaban J connectivity index is 2.27. The van der Waals surface area contributed by atoms with Crippen LogP contribution in [0.2, 0.25) is 0 Å². The van der Waals surface area contributed by atoms with E-state index in [-0.39, 0.29) is 10.00 Å². The van der Waals surface area contributed by atoms with E-state index in [4.69, 9.17) is 0 Å². The van der Waals surface area contributed by atoms with Crippen LogP contribution in [-0.2, 0) is 9.84 Å². The van der Waals surface area contributed by atoms with Gasteiger partial charge < -0.3 is 5.32 Å². The highest BCUT2D eigenvalue weighted by molar-refractivity contribution is 8.00. The normalized spacial score (nSPS) is 26.0. The fourth-order valence-electron chi connectivity index (χ4n) is 1.85. The predicted molar refractivity (Wildman–Crippen MR) is 76.5 cm³/mol. The van der Waals surface area contributed by atoms with Crippen molar-refractivity contribution in [1.82, 2.24) is 5.32 Å². The monoisotopic (exact) mass is 279 g/mol. The highest BCUT2D eigenvalue weighted by Gasteiger charge is 2.31. The maximum Gasteiger partial charge on any atom is 0.154 e. The lowest BCUT2D eigenvalue weighted by molar-refractivity contribution is 0.548. The lowest BCUT2D eigenvalue weighted by atomic mass is 10.2. The van der Waals surface area contributed by atoms with Crippen molar-refractivity contribution in [3.63, 3.8) is 0 Å². The quantitative estimate of drug-likeness (QED) is 0.837. The molecule has 0 radical (unpaired) electrons. The molecule has 0 aromatic carbocycles. The Hall–Kier alpha value is 0.260. The second-order valence-electron chi connectivity index (χ2n) is 5.86. The lowest BCUT2D eigenvalue weighted by Gasteiger charge is -2.22. The van der Waals surface area contributed by atoms with Crippen LogP contribution in [-0.4, -0.2) is 42.5 Å². The van der Waals surface area contributed by atoms with Gasteiger partial charge in [-0.25, -0.2) is 8.42 Å². The first-order valence-electron chi connectivity index (χ1n) is 6.29. The lowest BCUT2D eigenvalue weighted by Crippen LogP contribution is -2.37. The highest BCUT2D eigenvalue weighted by atomic mass is 32.2. The van der Waals surface area contributed by atoms with Gasteiger partial charge in [0.1, 0.15) is 0 Å². The number of thioether (sulfide) groups is 1. The van der Waals surface area contributed by atoms with E-state index >= 15 is 0 Å². The molecule has 1 saturated heterocycles. The standard InChI is InChI=1S/C12H25NO2S2/c1-10(9-16-12(2,3)4)13-8-11-6-5-7-17(11,14)15/h10-11,13H,5-9H2,1-4H3/t10-,11+/m0/s1. The summed E-state index contributed by atoms with van der Waals surface area (Å²) in [5.41, 5.74) is 0. The van der Waals surface area contributed by atoms with Crippen LogP contribution in [0.15, 0.2) is 0 Å². The Bertz CT molecular complexity index is 333. The van der Waals surface area contributed by atoms with Crippen molar-refractivity contribution in [3.8, 4) is 0 Å². The van der Waals surface area contributed by atoms with Crippen molar-refractivity contribution in [3.05, 3.63) is 0 Å². The molecule has 0 aromatic rings. The molecule has 5 heteroatoms. The molecule has 2 atom stereocenters. The van der Waals surface area contributed by atoms with Crippen LogP contribution < -0.4 is 5.32 Å². The van der Waals surface area contributed by atoms with Crippen molar-refractivity contribution in [1.29, 1.82) is 0 Å². The van der Waals surface area contributed by atoms with Crippen LogP contribution in [0.5, 0.6) is 0 Å². The van der Waals surface area contributed by atoms with Gasteiger partial charge in [0.2, 0.25) is 0 Å². The number of nitrogens with one attached hydrogen (secondary N) is 1. The van der Waals surface area contributed by atoms with Gasteiger partial charge >= 0.3 is 0 Å². The van der Waals surface area contributed by atoms with Gasteiger partial charge in [0, 0.05) is 23.1 Å². The van der Waals surface area contributed by atoms with Gasteiger partial charge in [0.25, 0.3) is 0 Å². The zero-order chi connectivity index (χ0) is 13.1. The summed E-state index contributed by atoms with van der Waals surface area (Å²) in [4.78, 5) is 0. The van der Waals surface area contributed by atoms with Gasteiger partial charge in [0.05, 0.1) is 11.0 Å². The number of hydrogen-bond donors (Lipinski definition) is 1. The molecule has 0 spiro atoms. The summed E-state index contributed by atoms with van der Waals surface area (Å²) in [5.74, 6) is 1.40. The van der Waals surface area contributed by atoms with Crippen LogP contribution in [0.25, 0.3) is 0 Å². The Kier molecular flexibility index (Phi) is 5.35. The third-order valence-corrected chi connectivity index (χ3v) is 6.73. The van der Waals surface area contributed by atoms with E-state index in [1.807, 2.05) is 11.8 Å². The minimum absolute atomic E-state index is 0.149. The molecule has 0 amide bonds. The van der Waals surface area contributed by atoms with Crippen molar-refractivity contribution < 1.29 is 8.42 Å². The zero-order valence-electron chi connectivity index (χ0n) is 11.3. The number of rotatable bonds is 5. The predicted octanol–water partition coefficient (Wildman–Crippen LogP) is 2.07. The molecule has 1 rings (SSSR count). The molecule has 0 aromatic heterocycles. The van der Waals surface area contributed by atoms with E-state index in [9.17, 15) is 8.42 Å². The van der Waals surface area contributed by atoms with Gasteiger partial charge in [-0.3, -0.25) is 0 Å². The SMILES string of the molecule is C[C@@H](CSC(C)(C)C)NC[C@H]1CCCS1(=O)=O. The summed E-state index contributed by atoms with van der Waals surface area (Å²) < 4.78 is 23.6. The first-order valence-corrected chi connectivity index (χ1v) is 9.00. The van der Waals surface area contributed by atoms with Crippen LogP contribution >= 0.6 is 11.8 Å². The molecule has 0 unspecified atom stereocenters. The minimum atomic E-state index is -2.80. The number of hydrogen-bond acceptors (Lipinski definition) is 4. The molecule has 1 aliphatic rings. The summed E-state index contributed by atoms with van der Waals surface area (Å²) in [7, 11) is -2.80. The second kappa shape index (κ2) is 5.93. The summed E-state index contributed by atoms with van der Waals surface area (Å²) in [6, 6.07) is 0.370. The van der Waals surface area contributed by atoms with Gasteiger partial charge in [-0.05, 0) is 19.8 Å². The van der Waals surface area contributed by atoms with Crippen LogP contribution in [0.4, 0.5) is 0 Å². The highest BCUT2D eigenvalue weighted by Crippen LogP contribution is 2.24. The van der Waals surface area contributed by atoms with Gasteiger partial charge in [-0.15, -0.1) is 0 Å². The Morgan fingerprint density at radius 2 is 2.06 bits per heavy atom. The third kappa shape index (κ3) is 5.62. The first kappa shape index (κ1) is 15.3. The van der Waals surface area contributed by atoms with Crippen LogP contribution in [0, 0.1) is 0 Å². The van der Waals surface area contributed by atoms with Crippen molar-refractivity contribution in [2.45, 2.75) is 56.6 Å². The molecule has 1 fully saturated rings. The minimum Gasteiger partial charge on any atom is -0.312 e. The smallest absolute Gasteiger partial charge is 0.154 e. The van der Waals surface area contributed by atoms with E-state index in [1.54, 1.807) is 0 Å². The van der Waals surface area contributed by atoms with Crippen LogP contribution in [0.1, 0.15) is 40.5 Å². The van der Waals surface area contributed by atoms with E-state index in [0.29, 0.717) is 18.3 Å². The molecule has 1 aliphatic heterocycles. The fourth-order valence-corrected chi connectivity index (χ4v) is 4.50. The Morgan fingerprint density at radius 1 is 1.41 bits per heavy atom. The molecule has 1 heterocycles. The molecular weight excluding hydrogens is 254 g/mol. The number of sulfone groups is 1. The fraction of sp³-hybridized carbons (Fsp3) is 1.00. The molecular formula is C12H25NO2S2. The topological polar surface area (TPSA) is 46.2 Å². The van der Waals surface area contributed by atoms with Crippen molar-refractivity contribution >= 4 is 21.6 Å². The third-order valence-electron chi connectivity index (χ3n) is 2.92. The Labute approximate surface area is 110 Å². The van der Waals surface area contributed by atoms with E-state index in [0.717, 1.165) is 18.6 Å². The van der Waals surface area contributed by atoms with Gasteiger partial charge in [-0.2, -0.15) is 11.8 Å². The summed E-state index contributed by atoms with van der Waals surface area (Å²) in [5, 5.41) is 3.20. The average molecular weight is 279 g/mol. The Morgan fingerprint density at radius 3 is 2.53 bits per heavy atom. The van der Waals surface area contributed by atoms with Gasteiger partial charge in [0.15, 0.2) is 9.84 Å². The summed E-state index contributed by atoms with van der Waals surface area (Å²) in [6.45, 7) is 9.35. The van der Waals surface area contributed by atoms with Crippen LogP contribution in [0.3, 0.4) is 0 Å². The molecule has 0 saturated carbocycles. The molecule has 0 aliphatic carbocycles. The zero-order valence-corrected chi connectivity index (χ0v) is 13.0. The molecule has 1 N–H and O–H groups in total. The average Bonchev–Trinajstić information content (AvgIpc) is 2.50. The van der Waals surface area contributed by atoms with Gasteiger partial charge in [-0.1, -0.05) is 20.8 Å². The molecule has 17 heavy (non-hydrogen) atoms. The van der Waals surface area contributed by atoms with Crippen molar-refractivity contribution in [2.24, 2.45) is 0 Å². The van der Waals surface area contributed by atoms with E-state index in [1.165, 1.54) is 0 Å². The molecule has 3 nitrogen and oxygen atoms in total. The second-order valence-corrected chi connectivity index (χ2v) is 10.1. The van der Waals surface area contributed by atoms with Crippen molar-refractivity contribution in [2.75, 3.05) is 18.1 Å². The maximum atomic E-state index is 11.6. The van der Waals surface area contributed by atoms with E-state index < -0.39 is 9.84 Å². The van der Waals surface area contributed by atoms with E-state index in [2.05, 4.69) is 33.0 Å². The largest absolute Gasteiger partial charge is 0.312 e. The maximum absolute atomic E-state index is 11.6. The summed E-state index contributed by atoms with van der Waals surface area (Å²) in [6.07, 6.45) is 1.66. The molecule has 0 bridgehead atoms. The summed E-state index contributed by atoms with van der Waals surface area (Å²) >= 11 is 1.91. The molecule has 102 valence electrons.